The molecule has 0 aromatic heterocycles. The number of hydrogen-bond acceptors (Lipinski definition) is 3. The topological polar surface area (TPSA) is 43.4 Å². The highest BCUT2D eigenvalue weighted by Crippen LogP contribution is 1.97. The second kappa shape index (κ2) is 10.1. The molecule has 3 nitrogen and oxygen atoms in total. The molecule has 0 aliphatic heterocycles. The number of alkyl halides is 2. The summed E-state index contributed by atoms with van der Waals surface area (Å²) in [7, 11) is 0. The lowest BCUT2D eigenvalue weighted by molar-refractivity contribution is -0.144. The van der Waals surface area contributed by atoms with Crippen molar-refractivity contribution in [2.45, 2.75) is 25.8 Å². The van der Waals surface area contributed by atoms with Gasteiger partial charge < -0.3 is 4.74 Å². The minimum atomic E-state index is -0.508. The van der Waals surface area contributed by atoms with E-state index >= 15 is 0 Å². The highest BCUT2D eigenvalue weighted by atomic mass is 35.5. The van der Waals surface area contributed by atoms with Crippen LogP contribution in [0.15, 0.2) is 0 Å². The SMILES string of the molecule is CCC(=O)OC(C)Cl.O=C(Cl)CCl. The first-order valence-corrected chi connectivity index (χ1v) is 4.86. The summed E-state index contributed by atoms with van der Waals surface area (Å²) in [6.45, 7) is 3.33. The van der Waals surface area contributed by atoms with Crippen LogP contribution in [0.5, 0.6) is 0 Å². The molecule has 0 N–H and O–H groups in total. The van der Waals surface area contributed by atoms with Gasteiger partial charge in [-0.05, 0) is 18.5 Å². The normalized spacial score (nSPS) is 10.8. The lowest BCUT2D eigenvalue weighted by atomic mass is 10.5. The van der Waals surface area contributed by atoms with Crippen molar-refractivity contribution in [2.24, 2.45) is 0 Å². The molecule has 0 spiro atoms. The molecule has 1 unspecified atom stereocenters. The average molecular weight is 250 g/mol. The van der Waals surface area contributed by atoms with Gasteiger partial charge in [0.05, 0.1) is 5.88 Å². The van der Waals surface area contributed by atoms with Crippen molar-refractivity contribution in [1.29, 1.82) is 0 Å². The van der Waals surface area contributed by atoms with Crippen molar-refractivity contribution in [3.63, 3.8) is 0 Å². The van der Waals surface area contributed by atoms with E-state index in [0.717, 1.165) is 0 Å². The fraction of sp³-hybridized carbons (Fsp3) is 0.714. The quantitative estimate of drug-likeness (QED) is 0.438. The summed E-state index contributed by atoms with van der Waals surface area (Å²) in [5.41, 5.74) is -0.498. The van der Waals surface area contributed by atoms with E-state index in [1.807, 2.05) is 0 Å². The van der Waals surface area contributed by atoms with Crippen LogP contribution in [0.1, 0.15) is 20.3 Å². The second-order valence-electron chi connectivity index (χ2n) is 1.88. The predicted molar refractivity (Wildman–Crippen MR) is 53.3 cm³/mol. The van der Waals surface area contributed by atoms with E-state index in [0.29, 0.717) is 6.42 Å². The fourth-order valence-electron chi connectivity index (χ4n) is 0.264. The van der Waals surface area contributed by atoms with Crippen LogP contribution in [0, 0.1) is 0 Å². The van der Waals surface area contributed by atoms with Gasteiger partial charge >= 0.3 is 5.97 Å². The number of halogens is 3. The smallest absolute Gasteiger partial charge is 0.306 e. The van der Waals surface area contributed by atoms with Crippen LogP contribution < -0.4 is 0 Å². The fourth-order valence-corrected chi connectivity index (χ4v) is 0.364. The molecule has 0 aliphatic rings. The Morgan fingerprint density at radius 1 is 1.46 bits per heavy atom. The predicted octanol–water partition coefficient (Wildman–Crippen LogP) is 2.52. The Hall–Kier alpha value is 0.01000. The zero-order valence-corrected chi connectivity index (χ0v) is 9.62. The van der Waals surface area contributed by atoms with E-state index in [1.165, 1.54) is 0 Å². The molecule has 13 heavy (non-hydrogen) atoms. The molecule has 0 heterocycles. The summed E-state index contributed by atoms with van der Waals surface area (Å²) in [6, 6.07) is 0. The van der Waals surface area contributed by atoms with E-state index < -0.39 is 10.8 Å². The summed E-state index contributed by atoms with van der Waals surface area (Å²) >= 11 is 14.9. The summed E-state index contributed by atoms with van der Waals surface area (Å²) in [5.74, 6) is -0.353. The Labute approximate surface area is 92.3 Å². The Bertz CT molecular complexity index is 159. The van der Waals surface area contributed by atoms with E-state index in [9.17, 15) is 9.59 Å². The number of rotatable bonds is 3. The third-order valence-corrected chi connectivity index (χ3v) is 1.29. The molecular weight excluding hydrogens is 238 g/mol. The van der Waals surface area contributed by atoms with Crippen LogP contribution in [0.4, 0.5) is 0 Å². The van der Waals surface area contributed by atoms with E-state index in [1.54, 1.807) is 13.8 Å². The van der Waals surface area contributed by atoms with Crippen LogP contribution >= 0.6 is 34.8 Å². The van der Waals surface area contributed by atoms with Gasteiger partial charge in [0.25, 0.3) is 0 Å². The molecule has 1 atom stereocenters. The van der Waals surface area contributed by atoms with Crippen molar-refractivity contribution in [3.05, 3.63) is 0 Å². The molecule has 0 aromatic rings. The van der Waals surface area contributed by atoms with E-state index in [-0.39, 0.29) is 11.8 Å². The Kier molecular flexibility index (Phi) is 12.0. The zero-order chi connectivity index (χ0) is 10.9. The summed E-state index contributed by atoms with van der Waals surface area (Å²) < 4.78 is 4.53. The van der Waals surface area contributed by atoms with Crippen LogP contribution in [0.3, 0.4) is 0 Å². The first-order chi connectivity index (χ1) is 5.93. The van der Waals surface area contributed by atoms with Crippen LogP contribution in [-0.4, -0.2) is 22.7 Å². The monoisotopic (exact) mass is 248 g/mol. The summed E-state index contributed by atoms with van der Waals surface area (Å²) in [5, 5.41) is -0.508. The van der Waals surface area contributed by atoms with E-state index in [2.05, 4.69) is 4.74 Å². The second-order valence-corrected chi connectivity index (χ2v) is 3.18. The van der Waals surface area contributed by atoms with Crippen molar-refractivity contribution < 1.29 is 14.3 Å². The Morgan fingerprint density at radius 2 is 1.85 bits per heavy atom. The molecule has 0 saturated heterocycles. The lowest BCUT2D eigenvalue weighted by Crippen LogP contribution is -2.07. The first kappa shape index (κ1) is 15.5. The standard InChI is InChI=1S/C5H9ClO2.C2H2Cl2O/c1-3-5(7)8-4(2)6;3-1-2(4)5/h4H,3H2,1-2H3;1H2. The lowest BCUT2D eigenvalue weighted by Gasteiger charge is -2.02. The number of carbonyl (C=O) groups excluding carboxylic acids is 2. The van der Waals surface area contributed by atoms with Gasteiger partial charge in [0.1, 0.15) is 0 Å². The van der Waals surface area contributed by atoms with Gasteiger partial charge in [-0.15, -0.1) is 11.6 Å². The number of esters is 1. The van der Waals surface area contributed by atoms with Crippen molar-refractivity contribution in [2.75, 3.05) is 5.88 Å². The third-order valence-electron chi connectivity index (χ3n) is 0.688. The van der Waals surface area contributed by atoms with Crippen LogP contribution in [0.25, 0.3) is 0 Å². The van der Waals surface area contributed by atoms with Crippen molar-refractivity contribution in [3.8, 4) is 0 Å². The maximum absolute atomic E-state index is 10.3. The molecule has 0 saturated carbocycles. The van der Waals surface area contributed by atoms with Gasteiger partial charge in [-0.2, -0.15) is 0 Å². The molecule has 0 bridgehead atoms. The van der Waals surface area contributed by atoms with Gasteiger partial charge in [-0.25, -0.2) is 0 Å². The maximum Gasteiger partial charge on any atom is 0.306 e. The summed E-state index contributed by atoms with van der Waals surface area (Å²) in [4.78, 5) is 19.8. The molecule has 6 heteroatoms. The number of carbonyl (C=O) groups is 2. The maximum atomic E-state index is 10.3. The molecule has 0 amide bonds. The molecule has 78 valence electrons. The molecule has 0 rings (SSSR count). The van der Waals surface area contributed by atoms with Gasteiger partial charge in [-0.1, -0.05) is 18.5 Å². The highest BCUT2D eigenvalue weighted by Gasteiger charge is 2.00. The van der Waals surface area contributed by atoms with Crippen molar-refractivity contribution >= 4 is 46.0 Å². The molecule has 0 aliphatic carbocycles. The first-order valence-electron chi connectivity index (χ1n) is 3.51. The van der Waals surface area contributed by atoms with Crippen LogP contribution in [-0.2, 0) is 14.3 Å². The van der Waals surface area contributed by atoms with Gasteiger partial charge in [0, 0.05) is 6.42 Å². The summed E-state index contributed by atoms with van der Waals surface area (Å²) in [6.07, 6.45) is 0.386. The average Bonchev–Trinajstić information content (AvgIpc) is 2.04. The van der Waals surface area contributed by atoms with Crippen molar-refractivity contribution in [1.82, 2.24) is 0 Å². The third kappa shape index (κ3) is 18.8. The zero-order valence-electron chi connectivity index (χ0n) is 7.35. The molecule has 0 radical (unpaired) electrons. The minimum absolute atomic E-state index is 0.0957. The highest BCUT2D eigenvalue weighted by molar-refractivity contribution is 6.67. The van der Waals surface area contributed by atoms with Gasteiger partial charge in [0.2, 0.25) is 5.24 Å². The van der Waals surface area contributed by atoms with Gasteiger partial charge in [0.15, 0.2) is 5.56 Å². The molecule has 0 fully saturated rings. The van der Waals surface area contributed by atoms with Crippen LogP contribution in [0.2, 0.25) is 0 Å². The number of hydrogen-bond donors (Lipinski definition) is 0. The Morgan fingerprint density at radius 3 is 1.92 bits per heavy atom. The molecule has 0 aromatic carbocycles. The molecular formula is C7H11Cl3O3. The largest absolute Gasteiger partial charge is 0.446 e. The minimum Gasteiger partial charge on any atom is -0.446 e. The Balaban J connectivity index is 0. The number of ether oxygens (including phenoxy) is 1. The van der Waals surface area contributed by atoms with E-state index in [4.69, 9.17) is 34.8 Å². The van der Waals surface area contributed by atoms with Gasteiger partial charge in [-0.3, -0.25) is 9.59 Å².